The number of rotatable bonds is 2. The summed E-state index contributed by atoms with van der Waals surface area (Å²) >= 11 is 0. The highest BCUT2D eigenvalue weighted by molar-refractivity contribution is 4.65. The second-order valence-corrected chi connectivity index (χ2v) is 6.24. The Morgan fingerprint density at radius 3 is 1.20 bits per heavy atom. The van der Waals surface area contributed by atoms with Crippen molar-refractivity contribution in [2.45, 2.75) is 80.1 Å². The molecule has 0 radical (unpaired) electrons. The first-order valence-electron chi connectivity index (χ1n) is 6.91. The van der Waals surface area contributed by atoms with Crippen LogP contribution >= 0.6 is 0 Å². The van der Waals surface area contributed by atoms with E-state index in [1.807, 2.05) is 0 Å². The van der Waals surface area contributed by atoms with Gasteiger partial charge in [0.1, 0.15) is 0 Å². The summed E-state index contributed by atoms with van der Waals surface area (Å²) in [6, 6.07) is 0. The van der Waals surface area contributed by atoms with Gasteiger partial charge in [-0.1, -0.05) is 80.1 Å². The van der Waals surface area contributed by atoms with E-state index in [9.17, 15) is 0 Å². The van der Waals surface area contributed by atoms with Crippen LogP contribution in [-0.4, -0.2) is 0 Å². The molecule has 0 heterocycles. The molecule has 1 fully saturated rings. The van der Waals surface area contributed by atoms with E-state index < -0.39 is 0 Å². The van der Waals surface area contributed by atoms with Crippen molar-refractivity contribution >= 4 is 0 Å². The third-order valence-corrected chi connectivity index (χ3v) is 4.22. The predicted molar refractivity (Wildman–Crippen MR) is 71.2 cm³/mol. The molecule has 0 nitrogen and oxygen atoms in total. The van der Waals surface area contributed by atoms with E-state index in [2.05, 4.69) is 41.5 Å². The van der Waals surface area contributed by atoms with E-state index in [4.69, 9.17) is 0 Å². The van der Waals surface area contributed by atoms with Crippen LogP contribution in [0.4, 0.5) is 0 Å². The van der Waals surface area contributed by atoms with Gasteiger partial charge >= 0.3 is 0 Å². The highest BCUT2D eigenvalue weighted by Gasteiger charge is 2.13. The molecule has 0 aliphatic heterocycles. The van der Waals surface area contributed by atoms with Gasteiger partial charge in [-0.05, 0) is 17.3 Å². The molecule has 0 aromatic carbocycles. The average Bonchev–Trinajstić information content (AvgIpc) is 2.23. The Balaban J connectivity index is 0.000000265. The number of hydrogen-bond donors (Lipinski definition) is 0. The Kier molecular flexibility index (Phi) is 7.30. The first-order valence-corrected chi connectivity index (χ1v) is 6.91. The van der Waals surface area contributed by atoms with Crippen molar-refractivity contribution in [2.24, 2.45) is 17.3 Å². The van der Waals surface area contributed by atoms with Gasteiger partial charge < -0.3 is 0 Å². The van der Waals surface area contributed by atoms with Crippen molar-refractivity contribution in [3.63, 3.8) is 0 Å². The fourth-order valence-electron chi connectivity index (χ4n) is 1.68. The van der Waals surface area contributed by atoms with Crippen LogP contribution in [0.15, 0.2) is 0 Å². The van der Waals surface area contributed by atoms with E-state index in [0.29, 0.717) is 5.41 Å². The van der Waals surface area contributed by atoms with Crippen LogP contribution in [0.1, 0.15) is 80.1 Å². The normalized spacial score (nSPS) is 26.8. The van der Waals surface area contributed by atoms with Crippen molar-refractivity contribution in [1.82, 2.24) is 0 Å². The summed E-state index contributed by atoms with van der Waals surface area (Å²) in [4.78, 5) is 0. The molecule has 0 heteroatoms. The molecule has 0 N–H and O–H groups in total. The van der Waals surface area contributed by atoms with Gasteiger partial charge in [0.25, 0.3) is 0 Å². The van der Waals surface area contributed by atoms with Gasteiger partial charge in [0, 0.05) is 0 Å². The molecule has 0 aromatic rings. The molecule has 0 aromatic heterocycles. The Hall–Kier alpha value is 0. The fraction of sp³-hybridized carbons (Fsp3) is 1.00. The molecule has 0 saturated heterocycles. The largest absolute Gasteiger partial charge is 0.0649 e. The minimum atomic E-state index is 0.583. The topological polar surface area (TPSA) is 0 Å². The van der Waals surface area contributed by atoms with Crippen molar-refractivity contribution < 1.29 is 0 Å². The summed E-state index contributed by atoms with van der Waals surface area (Å²) in [6.07, 6.45) is 8.48. The molecule has 0 spiro atoms. The van der Waals surface area contributed by atoms with E-state index in [-0.39, 0.29) is 0 Å². The zero-order valence-electron chi connectivity index (χ0n) is 11.9. The Bertz CT molecular complexity index is 122. The quantitative estimate of drug-likeness (QED) is 0.553. The van der Waals surface area contributed by atoms with Crippen LogP contribution in [0.25, 0.3) is 0 Å². The molecule has 1 aliphatic rings. The van der Waals surface area contributed by atoms with Crippen LogP contribution in [0.3, 0.4) is 0 Å². The van der Waals surface area contributed by atoms with Gasteiger partial charge in [-0.25, -0.2) is 0 Å². The summed E-state index contributed by atoms with van der Waals surface area (Å²) in [7, 11) is 0. The molecular weight excluding hydrogens is 180 g/mol. The summed E-state index contributed by atoms with van der Waals surface area (Å²) in [5.41, 5.74) is 0.583. The second-order valence-electron chi connectivity index (χ2n) is 6.24. The van der Waals surface area contributed by atoms with Crippen molar-refractivity contribution in [1.29, 1.82) is 0 Å². The highest BCUT2D eigenvalue weighted by Crippen LogP contribution is 2.27. The zero-order valence-corrected chi connectivity index (χ0v) is 11.9. The van der Waals surface area contributed by atoms with Crippen molar-refractivity contribution in [3.05, 3.63) is 0 Å². The summed E-state index contributed by atoms with van der Waals surface area (Å²) in [5, 5.41) is 0. The Morgan fingerprint density at radius 2 is 1.07 bits per heavy atom. The molecule has 1 rings (SSSR count). The first kappa shape index (κ1) is 15.0. The van der Waals surface area contributed by atoms with Gasteiger partial charge in [0.15, 0.2) is 0 Å². The lowest BCUT2D eigenvalue weighted by Crippen LogP contribution is -2.08. The van der Waals surface area contributed by atoms with E-state index >= 15 is 0 Å². The smallest absolute Gasteiger partial charge is 0.0359 e. The minimum absolute atomic E-state index is 0.583. The average molecular weight is 212 g/mol. The SMILES string of the molecule is CC1CCC(C)CC1.CCC(C)(C)CC. The van der Waals surface area contributed by atoms with E-state index in [0.717, 1.165) is 11.8 Å². The maximum atomic E-state index is 2.37. The van der Waals surface area contributed by atoms with Gasteiger partial charge in [0.2, 0.25) is 0 Å². The van der Waals surface area contributed by atoms with Crippen LogP contribution in [0.5, 0.6) is 0 Å². The summed E-state index contributed by atoms with van der Waals surface area (Å²) < 4.78 is 0. The van der Waals surface area contributed by atoms with Gasteiger partial charge in [0.05, 0.1) is 0 Å². The molecule has 0 amide bonds. The lowest BCUT2D eigenvalue weighted by Gasteiger charge is -2.22. The predicted octanol–water partition coefficient (Wildman–Crippen LogP) is 5.67. The lowest BCUT2D eigenvalue weighted by molar-refractivity contribution is 0.308. The zero-order chi connectivity index (χ0) is 11.9. The summed E-state index contributed by atoms with van der Waals surface area (Å²) in [5.74, 6) is 2.04. The molecule has 1 saturated carbocycles. The molecule has 92 valence electrons. The van der Waals surface area contributed by atoms with E-state index in [1.54, 1.807) is 0 Å². The molecular formula is C15H32. The van der Waals surface area contributed by atoms with E-state index in [1.165, 1.54) is 38.5 Å². The van der Waals surface area contributed by atoms with Crippen LogP contribution < -0.4 is 0 Å². The monoisotopic (exact) mass is 212 g/mol. The third kappa shape index (κ3) is 7.88. The van der Waals surface area contributed by atoms with Crippen LogP contribution in [0, 0.1) is 17.3 Å². The van der Waals surface area contributed by atoms with Gasteiger partial charge in [-0.3, -0.25) is 0 Å². The molecule has 15 heavy (non-hydrogen) atoms. The first-order chi connectivity index (χ1) is 6.91. The molecule has 1 aliphatic carbocycles. The van der Waals surface area contributed by atoms with Gasteiger partial charge in [-0.15, -0.1) is 0 Å². The fourth-order valence-corrected chi connectivity index (χ4v) is 1.68. The second kappa shape index (κ2) is 7.30. The summed E-state index contributed by atoms with van der Waals surface area (Å²) in [6.45, 7) is 13.8. The minimum Gasteiger partial charge on any atom is -0.0649 e. The standard InChI is InChI=1S/C8H16.C7H16/c1-7-3-5-8(2)6-4-7;1-5-7(3,4)6-2/h7-8H,3-6H2,1-2H3;5-6H2,1-4H3. The maximum Gasteiger partial charge on any atom is -0.0359 e. The molecule has 0 bridgehead atoms. The van der Waals surface area contributed by atoms with Crippen LogP contribution in [0.2, 0.25) is 0 Å². The number of hydrogen-bond acceptors (Lipinski definition) is 0. The highest BCUT2D eigenvalue weighted by atomic mass is 14.2. The maximum absolute atomic E-state index is 2.37. The molecule has 0 atom stereocenters. The van der Waals surface area contributed by atoms with Crippen molar-refractivity contribution in [3.8, 4) is 0 Å². The third-order valence-electron chi connectivity index (χ3n) is 4.22. The Morgan fingerprint density at radius 1 is 0.800 bits per heavy atom. The van der Waals surface area contributed by atoms with Crippen LogP contribution in [-0.2, 0) is 0 Å². The van der Waals surface area contributed by atoms with Crippen molar-refractivity contribution in [2.75, 3.05) is 0 Å². The molecule has 0 unspecified atom stereocenters. The van der Waals surface area contributed by atoms with Gasteiger partial charge in [-0.2, -0.15) is 0 Å². The Labute approximate surface area is 97.8 Å². The lowest BCUT2D eigenvalue weighted by atomic mass is 9.84.